The molecule has 1 unspecified atom stereocenters. The predicted molar refractivity (Wildman–Crippen MR) is 40.9 cm³/mol. The van der Waals surface area contributed by atoms with Crippen LogP contribution in [0.25, 0.3) is 0 Å². The van der Waals surface area contributed by atoms with Crippen LogP contribution in [0.15, 0.2) is 0 Å². The van der Waals surface area contributed by atoms with Crippen molar-refractivity contribution in [2.24, 2.45) is 11.7 Å². The summed E-state index contributed by atoms with van der Waals surface area (Å²) < 4.78 is 0. The van der Waals surface area contributed by atoms with Gasteiger partial charge in [-0.1, -0.05) is 13.3 Å². The molecule has 2 nitrogen and oxygen atoms in total. The van der Waals surface area contributed by atoms with E-state index in [0.717, 1.165) is 18.6 Å². The quantitative estimate of drug-likeness (QED) is 0.552. The second-order valence-electron chi connectivity index (χ2n) is 2.49. The van der Waals surface area contributed by atoms with E-state index >= 15 is 0 Å². The number of nitrogens with two attached hydrogens (primary N) is 1. The first-order valence-corrected chi connectivity index (χ1v) is 3.44. The van der Waals surface area contributed by atoms with Gasteiger partial charge in [0.05, 0.1) is 0 Å². The third kappa shape index (κ3) is 4.15. The van der Waals surface area contributed by atoms with Crippen LogP contribution in [0, 0.1) is 11.3 Å². The van der Waals surface area contributed by atoms with E-state index in [1.807, 2.05) is 6.92 Å². The number of hydrogen-bond acceptors (Lipinski definition) is 2. The van der Waals surface area contributed by atoms with E-state index in [4.69, 9.17) is 11.1 Å². The molecular formula is C7H16N2. The summed E-state index contributed by atoms with van der Waals surface area (Å²) in [5, 5.41) is 7.18. The van der Waals surface area contributed by atoms with Crippen molar-refractivity contribution in [1.82, 2.24) is 0 Å². The molecule has 0 aliphatic carbocycles. The van der Waals surface area contributed by atoms with Crippen LogP contribution in [0.1, 0.15) is 26.7 Å². The molecule has 0 aliphatic heterocycles. The topological polar surface area (TPSA) is 49.9 Å². The smallest absolute Gasteiger partial charge is 0.00614 e. The highest BCUT2D eigenvalue weighted by Crippen LogP contribution is 2.05. The maximum absolute atomic E-state index is 7.18. The Hall–Kier alpha value is -0.370. The molecule has 0 spiro atoms. The first-order chi connectivity index (χ1) is 4.20. The molecule has 2 heteroatoms. The fourth-order valence-corrected chi connectivity index (χ4v) is 0.827. The Kier molecular flexibility index (Phi) is 4.32. The number of rotatable bonds is 4. The largest absolute Gasteiger partial charge is 0.330 e. The molecular weight excluding hydrogens is 112 g/mol. The molecule has 0 saturated heterocycles. The van der Waals surface area contributed by atoms with Gasteiger partial charge in [0.1, 0.15) is 0 Å². The molecule has 0 radical (unpaired) electrons. The van der Waals surface area contributed by atoms with E-state index in [1.165, 1.54) is 0 Å². The van der Waals surface area contributed by atoms with Crippen molar-refractivity contribution >= 4 is 5.71 Å². The zero-order valence-corrected chi connectivity index (χ0v) is 6.28. The third-order valence-corrected chi connectivity index (χ3v) is 1.51. The summed E-state index contributed by atoms with van der Waals surface area (Å²) in [6, 6.07) is 0. The van der Waals surface area contributed by atoms with Crippen molar-refractivity contribution < 1.29 is 0 Å². The Morgan fingerprint density at radius 2 is 2.22 bits per heavy atom. The van der Waals surface area contributed by atoms with Crippen LogP contribution >= 0.6 is 0 Å². The lowest BCUT2D eigenvalue weighted by molar-refractivity contribution is 0.540. The van der Waals surface area contributed by atoms with Crippen LogP contribution in [-0.2, 0) is 0 Å². The van der Waals surface area contributed by atoms with Crippen molar-refractivity contribution in [1.29, 1.82) is 5.41 Å². The molecule has 54 valence electrons. The third-order valence-electron chi connectivity index (χ3n) is 1.51. The second-order valence-corrected chi connectivity index (χ2v) is 2.49. The molecule has 0 aromatic heterocycles. The van der Waals surface area contributed by atoms with Crippen molar-refractivity contribution in [3.63, 3.8) is 0 Å². The molecule has 3 N–H and O–H groups in total. The Labute approximate surface area is 57.0 Å². The fraction of sp³-hybridized carbons (Fsp3) is 0.857. The van der Waals surface area contributed by atoms with E-state index in [1.54, 1.807) is 0 Å². The lowest BCUT2D eigenvalue weighted by atomic mass is 10.0. The fourth-order valence-electron chi connectivity index (χ4n) is 0.827. The normalized spacial score (nSPS) is 13.2. The maximum Gasteiger partial charge on any atom is 0.00614 e. The summed E-state index contributed by atoms with van der Waals surface area (Å²) in [7, 11) is 0. The highest BCUT2D eigenvalue weighted by atomic mass is 14.5. The van der Waals surface area contributed by atoms with Gasteiger partial charge in [0, 0.05) is 5.71 Å². The van der Waals surface area contributed by atoms with Crippen LogP contribution in [0.4, 0.5) is 0 Å². The summed E-state index contributed by atoms with van der Waals surface area (Å²) >= 11 is 0. The minimum absolute atomic E-state index is 0.530. The van der Waals surface area contributed by atoms with Crippen molar-refractivity contribution in [3.8, 4) is 0 Å². The van der Waals surface area contributed by atoms with Crippen LogP contribution in [0.2, 0.25) is 0 Å². The molecule has 0 saturated carbocycles. The summed E-state index contributed by atoms with van der Waals surface area (Å²) in [4.78, 5) is 0. The van der Waals surface area contributed by atoms with Gasteiger partial charge in [-0.05, 0) is 25.8 Å². The molecule has 0 aromatic carbocycles. The van der Waals surface area contributed by atoms with Gasteiger partial charge in [-0.15, -0.1) is 0 Å². The minimum Gasteiger partial charge on any atom is -0.330 e. The Balaban J connectivity index is 3.43. The van der Waals surface area contributed by atoms with Gasteiger partial charge in [-0.25, -0.2) is 0 Å². The SMILES string of the molecule is CCC(CN)CC(C)=N. The Morgan fingerprint density at radius 1 is 1.67 bits per heavy atom. The zero-order chi connectivity index (χ0) is 7.28. The van der Waals surface area contributed by atoms with Gasteiger partial charge in [-0.3, -0.25) is 0 Å². The standard InChI is InChI=1S/C7H16N2/c1-3-7(5-8)4-6(2)9/h7,9H,3-5,8H2,1-2H3. The van der Waals surface area contributed by atoms with Crippen LogP contribution in [0.5, 0.6) is 0 Å². The average Bonchev–Trinajstić information content (AvgIpc) is 1.82. The molecule has 0 bridgehead atoms. The van der Waals surface area contributed by atoms with E-state index in [9.17, 15) is 0 Å². The molecule has 9 heavy (non-hydrogen) atoms. The van der Waals surface area contributed by atoms with Crippen molar-refractivity contribution in [3.05, 3.63) is 0 Å². The summed E-state index contributed by atoms with van der Waals surface area (Å²) in [6.45, 7) is 4.66. The van der Waals surface area contributed by atoms with Gasteiger partial charge in [0.2, 0.25) is 0 Å². The van der Waals surface area contributed by atoms with E-state index < -0.39 is 0 Å². The average molecular weight is 128 g/mol. The number of nitrogens with one attached hydrogen (secondary N) is 1. The molecule has 1 atom stereocenters. The first kappa shape index (κ1) is 8.63. The van der Waals surface area contributed by atoms with Gasteiger partial charge < -0.3 is 11.1 Å². The van der Waals surface area contributed by atoms with Gasteiger partial charge in [-0.2, -0.15) is 0 Å². The first-order valence-electron chi connectivity index (χ1n) is 3.44. The molecule has 0 rings (SSSR count). The summed E-state index contributed by atoms with van der Waals surface area (Å²) in [5.41, 5.74) is 6.18. The lowest BCUT2D eigenvalue weighted by Crippen LogP contribution is -2.15. The van der Waals surface area contributed by atoms with Gasteiger partial charge >= 0.3 is 0 Å². The number of hydrogen-bond donors (Lipinski definition) is 2. The lowest BCUT2D eigenvalue weighted by Gasteiger charge is -2.09. The highest BCUT2D eigenvalue weighted by molar-refractivity contribution is 5.78. The summed E-state index contributed by atoms with van der Waals surface area (Å²) in [5.74, 6) is 0.530. The molecule has 0 heterocycles. The van der Waals surface area contributed by atoms with Crippen molar-refractivity contribution in [2.75, 3.05) is 6.54 Å². The highest BCUT2D eigenvalue weighted by Gasteiger charge is 2.02. The van der Waals surface area contributed by atoms with E-state index in [2.05, 4.69) is 6.92 Å². The second kappa shape index (κ2) is 4.50. The van der Waals surface area contributed by atoms with E-state index in [0.29, 0.717) is 12.5 Å². The monoisotopic (exact) mass is 128 g/mol. The summed E-state index contributed by atoms with van der Waals surface area (Å²) in [6.07, 6.45) is 1.96. The molecule has 0 amide bonds. The van der Waals surface area contributed by atoms with Gasteiger partial charge in [0.15, 0.2) is 0 Å². The zero-order valence-electron chi connectivity index (χ0n) is 6.28. The van der Waals surface area contributed by atoms with Crippen molar-refractivity contribution in [2.45, 2.75) is 26.7 Å². The Bertz CT molecular complexity index is 84.9. The minimum atomic E-state index is 0.530. The van der Waals surface area contributed by atoms with E-state index in [-0.39, 0.29) is 0 Å². The van der Waals surface area contributed by atoms with Crippen LogP contribution in [-0.4, -0.2) is 12.3 Å². The molecule has 0 fully saturated rings. The van der Waals surface area contributed by atoms with Crippen LogP contribution < -0.4 is 5.73 Å². The molecule has 0 aromatic rings. The van der Waals surface area contributed by atoms with Gasteiger partial charge in [0.25, 0.3) is 0 Å². The molecule has 0 aliphatic rings. The Morgan fingerprint density at radius 3 is 2.33 bits per heavy atom. The predicted octanol–water partition coefficient (Wildman–Crippen LogP) is 1.40. The maximum atomic E-state index is 7.18. The van der Waals surface area contributed by atoms with Crippen LogP contribution in [0.3, 0.4) is 0 Å².